The number of hydrazine groups is 1. The molecule has 5 rings (SSSR count). The largest absolute Gasteiger partial charge is 0.356 e. The van der Waals surface area contributed by atoms with Crippen molar-refractivity contribution in [2.75, 3.05) is 29.6 Å². The first kappa shape index (κ1) is 16.2. The summed E-state index contributed by atoms with van der Waals surface area (Å²) in [6, 6.07) is 9.01. The lowest BCUT2D eigenvalue weighted by Gasteiger charge is -2.30. The Kier molecular flexibility index (Phi) is 3.46. The summed E-state index contributed by atoms with van der Waals surface area (Å²) in [6.07, 6.45) is 0.569. The molecule has 2 saturated heterocycles. The van der Waals surface area contributed by atoms with Gasteiger partial charge in [0.15, 0.2) is 0 Å². The van der Waals surface area contributed by atoms with E-state index < -0.39 is 11.9 Å². The van der Waals surface area contributed by atoms with E-state index in [0.717, 1.165) is 35.2 Å². The lowest BCUT2D eigenvalue weighted by molar-refractivity contribution is -0.134. The number of carbonyl (C=O) groups excluding carboxylic acids is 3. The third kappa shape index (κ3) is 2.41. The standard InChI is InChI=1S/C19H19N5O3/c20-23-7-6-22(10-23)12-8-11-2-1-3-14-17(11)13(9-12)19(27)24(14)15-4-5-16(25)21-18(15)26/h1-3,8-9,15H,4-7,10,20H2,(H,21,25,26). The smallest absolute Gasteiger partial charge is 0.259 e. The number of anilines is 2. The van der Waals surface area contributed by atoms with Crippen LogP contribution in [0.2, 0.25) is 0 Å². The molecule has 0 bridgehead atoms. The Bertz CT molecular complexity index is 1000. The van der Waals surface area contributed by atoms with Crippen molar-refractivity contribution in [1.82, 2.24) is 10.3 Å². The molecule has 0 spiro atoms. The van der Waals surface area contributed by atoms with Gasteiger partial charge in [-0.05, 0) is 30.0 Å². The van der Waals surface area contributed by atoms with Crippen molar-refractivity contribution in [2.45, 2.75) is 18.9 Å². The lowest BCUT2D eigenvalue weighted by atomic mass is 10.0. The average Bonchev–Trinajstić information content (AvgIpc) is 3.19. The van der Waals surface area contributed by atoms with Gasteiger partial charge in [-0.25, -0.2) is 5.01 Å². The molecule has 3 aliphatic rings. The van der Waals surface area contributed by atoms with Crippen LogP contribution < -0.4 is 21.0 Å². The molecule has 2 aromatic rings. The molecule has 0 radical (unpaired) electrons. The third-order valence-corrected chi connectivity index (χ3v) is 5.54. The maximum Gasteiger partial charge on any atom is 0.259 e. The van der Waals surface area contributed by atoms with E-state index in [9.17, 15) is 14.4 Å². The predicted octanol–water partition coefficient (Wildman–Crippen LogP) is 0.558. The molecule has 8 nitrogen and oxygen atoms in total. The summed E-state index contributed by atoms with van der Waals surface area (Å²) in [5.41, 5.74) is 2.27. The van der Waals surface area contributed by atoms with Gasteiger partial charge in [-0.1, -0.05) is 12.1 Å². The zero-order valence-electron chi connectivity index (χ0n) is 14.6. The van der Waals surface area contributed by atoms with Crippen LogP contribution in [0.3, 0.4) is 0 Å². The molecular formula is C19H19N5O3. The maximum absolute atomic E-state index is 13.2. The van der Waals surface area contributed by atoms with E-state index in [1.54, 1.807) is 9.91 Å². The van der Waals surface area contributed by atoms with E-state index in [0.29, 0.717) is 18.7 Å². The SMILES string of the molecule is NN1CCN(c2cc3c4c(cccc4c2)N(C2CCC(=O)NC2=O)C3=O)C1. The number of nitrogens with two attached hydrogens (primary N) is 1. The number of amides is 3. The van der Waals surface area contributed by atoms with E-state index in [1.807, 2.05) is 24.3 Å². The number of hydrogen-bond acceptors (Lipinski definition) is 6. The summed E-state index contributed by atoms with van der Waals surface area (Å²) in [4.78, 5) is 40.8. The van der Waals surface area contributed by atoms with Crippen LogP contribution in [0.1, 0.15) is 23.2 Å². The maximum atomic E-state index is 13.2. The van der Waals surface area contributed by atoms with Crippen LogP contribution >= 0.6 is 0 Å². The first-order valence-electron chi connectivity index (χ1n) is 9.01. The summed E-state index contributed by atoms with van der Waals surface area (Å²) < 4.78 is 0. The van der Waals surface area contributed by atoms with Gasteiger partial charge in [-0.3, -0.25) is 30.4 Å². The molecule has 138 valence electrons. The molecule has 27 heavy (non-hydrogen) atoms. The molecule has 3 aliphatic heterocycles. The van der Waals surface area contributed by atoms with Crippen molar-refractivity contribution >= 4 is 39.9 Å². The van der Waals surface area contributed by atoms with Gasteiger partial charge in [0.1, 0.15) is 6.04 Å². The van der Waals surface area contributed by atoms with Crippen molar-refractivity contribution < 1.29 is 14.4 Å². The van der Waals surface area contributed by atoms with Gasteiger partial charge in [0.05, 0.1) is 17.9 Å². The zero-order chi connectivity index (χ0) is 18.7. The highest BCUT2D eigenvalue weighted by molar-refractivity contribution is 6.27. The first-order valence-corrected chi connectivity index (χ1v) is 9.01. The molecule has 3 heterocycles. The van der Waals surface area contributed by atoms with Gasteiger partial charge in [-0.2, -0.15) is 0 Å². The Hall–Kier alpha value is -2.97. The number of carbonyl (C=O) groups is 3. The molecule has 8 heteroatoms. The molecule has 0 aliphatic carbocycles. The number of hydrogen-bond donors (Lipinski definition) is 2. The topological polar surface area (TPSA) is 99.0 Å². The fraction of sp³-hybridized carbons (Fsp3) is 0.316. The van der Waals surface area contributed by atoms with Gasteiger partial charge < -0.3 is 4.90 Å². The van der Waals surface area contributed by atoms with E-state index >= 15 is 0 Å². The summed E-state index contributed by atoms with van der Waals surface area (Å²) in [5, 5.41) is 5.90. The van der Waals surface area contributed by atoms with Crippen LogP contribution in [0.4, 0.5) is 11.4 Å². The summed E-state index contributed by atoms with van der Waals surface area (Å²) in [5.74, 6) is 4.98. The monoisotopic (exact) mass is 365 g/mol. The molecule has 0 saturated carbocycles. The van der Waals surface area contributed by atoms with Gasteiger partial charge in [0, 0.05) is 30.6 Å². The number of nitrogens with zero attached hydrogens (tertiary/aromatic N) is 3. The van der Waals surface area contributed by atoms with Crippen molar-refractivity contribution in [3.05, 3.63) is 35.9 Å². The fourth-order valence-electron chi connectivity index (χ4n) is 4.24. The highest BCUT2D eigenvalue weighted by Crippen LogP contribution is 2.41. The minimum Gasteiger partial charge on any atom is -0.356 e. The quantitative estimate of drug-likeness (QED) is 0.596. The van der Waals surface area contributed by atoms with Crippen molar-refractivity contribution in [1.29, 1.82) is 0 Å². The fourth-order valence-corrected chi connectivity index (χ4v) is 4.24. The molecule has 0 aromatic heterocycles. The number of benzene rings is 2. The molecule has 3 amide bonds. The van der Waals surface area contributed by atoms with Crippen LogP contribution in [0.25, 0.3) is 10.8 Å². The van der Waals surface area contributed by atoms with Gasteiger partial charge in [-0.15, -0.1) is 0 Å². The number of piperidine rings is 1. The van der Waals surface area contributed by atoms with E-state index in [-0.39, 0.29) is 18.2 Å². The second kappa shape index (κ2) is 5.77. The zero-order valence-corrected chi connectivity index (χ0v) is 14.6. The van der Waals surface area contributed by atoms with Crippen LogP contribution in [-0.2, 0) is 9.59 Å². The van der Waals surface area contributed by atoms with Crippen LogP contribution in [-0.4, -0.2) is 48.5 Å². The highest BCUT2D eigenvalue weighted by atomic mass is 16.2. The second-order valence-electron chi connectivity index (χ2n) is 7.23. The summed E-state index contributed by atoms with van der Waals surface area (Å²) >= 11 is 0. The lowest BCUT2D eigenvalue weighted by Crippen LogP contribution is -2.53. The van der Waals surface area contributed by atoms with Crippen molar-refractivity contribution in [3.63, 3.8) is 0 Å². The van der Waals surface area contributed by atoms with E-state index in [1.165, 1.54) is 0 Å². The van der Waals surface area contributed by atoms with Crippen LogP contribution in [0, 0.1) is 0 Å². The third-order valence-electron chi connectivity index (χ3n) is 5.54. The molecule has 2 aromatic carbocycles. The molecular weight excluding hydrogens is 346 g/mol. The van der Waals surface area contributed by atoms with Gasteiger partial charge in [0.2, 0.25) is 11.8 Å². The Morgan fingerprint density at radius 3 is 2.70 bits per heavy atom. The molecule has 2 fully saturated rings. The average molecular weight is 365 g/mol. The Labute approximate surface area is 155 Å². The Morgan fingerprint density at radius 2 is 1.96 bits per heavy atom. The number of rotatable bonds is 2. The van der Waals surface area contributed by atoms with Crippen LogP contribution in [0.15, 0.2) is 30.3 Å². The minimum atomic E-state index is -0.664. The first-order chi connectivity index (χ1) is 13.0. The predicted molar refractivity (Wildman–Crippen MR) is 100 cm³/mol. The van der Waals surface area contributed by atoms with Crippen molar-refractivity contribution in [2.24, 2.45) is 5.84 Å². The number of imide groups is 1. The minimum absolute atomic E-state index is 0.193. The molecule has 1 unspecified atom stereocenters. The second-order valence-corrected chi connectivity index (χ2v) is 7.23. The summed E-state index contributed by atoms with van der Waals surface area (Å²) in [6.45, 7) is 2.17. The highest BCUT2D eigenvalue weighted by Gasteiger charge is 2.41. The Morgan fingerprint density at radius 1 is 1.11 bits per heavy atom. The van der Waals surface area contributed by atoms with E-state index in [4.69, 9.17) is 5.84 Å². The van der Waals surface area contributed by atoms with Gasteiger partial charge >= 0.3 is 0 Å². The van der Waals surface area contributed by atoms with Crippen molar-refractivity contribution in [3.8, 4) is 0 Å². The number of nitrogens with one attached hydrogen (secondary N) is 1. The molecule has 1 atom stereocenters. The molecule has 3 N–H and O–H groups in total. The summed E-state index contributed by atoms with van der Waals surface area (Å²) in [7, 11) is 0. The van der Waals surface area contributed by atoms with E-state index in [2.05, 4.69) is 16.3 Å². The van der Waals surface area contributed by atoms with Gasteiger partial charge in [0.25, 0.3) is 5.91 Å². The Balaban J connectivity index is 1.59. The van der Waals surface area contributed by atoms with Crippen LogP contribution in [0.5, 0.6) is 0 Å². The normalized spacial score (nSPS) is 22.9.